The Hall–Kier alpha value is -3.02. The number of halogens is 4. The molecule has 1 saturated heterocycles. The summed E-state index contributed by atoms with van der Waals surface area (Å²) in [5, 5.41) is 9.27. The predicted molar refractivity (Wildman–Crippen MR) is 102 cm³/mol. The number of benzene rings is 1. The number of likely N-dealkylation sites (tertiary alicyclic amines) is 1. The van der Waals surface area contributed by atoms with Crippen LogP contribution in [0.1, 0.15) is 35.4 Å². The van der Waals surface area contributed by atoms with Crippen molar-refractivity contribution >= 4 is 11.8 Å². The van der Waals surface area contributed by atoms with Crippen LogP contribution in [0.4, 0.5) is 17.6 Å². The van der Waals surface area contributed by atoms with E-state index in [9.17, 15) is 27.2 Å². The van der Waals surface area contributed by atoms with Crippen molar-refractivity contribution in [1.82, 2.24) is 25.2 Å². The van der Waals surface area contributed by atoms with E-state index < -0.39 is 29.3 Å². The van der Waals surface area contributed by atoms with Gasteiger partial charge in [-0.05, 0) is 56.6 Å². The van der Waals surface area contributed by atoms with Gasteiger partial charge in [0, 0.05) is 13.1 Å². The molecule has 1 aromatic heterocycles. The number of aromatic nitrogens is 3. The number of carbonyl (C=O) groups excluding carboxylic acids is 2. The maximum atomic E-state index is 13.6. The summed E-state index contributed by atoms with van der Waals surface area (Å²) in [5.74, 6) is -2.18. The van der Waals surface area contributed by atoms with E-state index in [4.69, 9.17) is 5.73 Å². The Kier molecular flexibility index (Phi) is 6.88. The highest BCUT2D eigenvalue weighted by Crippen LogP contribution is 2.32. The molecule has 0 aliphatic carbocycles. The van der Waals surface area contributed by atoms with Crippen molar-refractivity contribution in [2.24, 2.45) is 11.7 Å². The topological polar surface area (TPSA) is 106 Å². The molecule has 1 aliphatic rings. The quantitative estimate of drug-likeness (QED) is 0.502. The number of nitrogens with one attached hydrogen (secondary N) is 1. The first-order valence-electron chi connectivity index (χ1n) is 9.75. The van der Waals surface area contributed by atoms with Gasteiger partial charge in [0.05, 0.1) is 11.6 Å². The molecule has 1 unspecified atom stereocenters. The lowest BCUT2D eigenvalue weighted by Crippen LogP contribution is -2.42. The summed E-state index contributed by atoms with van der Waals surface area (Å²) < 4.78 is 54.3. The molecule has 2 aromatic rings. The molecular weight excluding hydrogens is 420 g/mol. The third kappa shape index (κ3) is 5.57. The van der Waals surface area contributed by atoms with Gasteiger partial charge in [-0.25, -0.2) is 9.07 Å². The van der Waals surface area contributed by atoms with Crippen molar-refractivity contribution in [3.8, 4) is 5.69 Å². The standard InChI is InChI=1S/C19H22F4N6O2/c20-13-4-6-14(7-5-13)29-16(19(21,22)23)15(26-27-29)18(31)25-8-2-10-28-9-1-3-12(11-28)17(24)30/h4-7,12H,1-3,8-11H2,(H2,24,30)(H,25,31). The molecule has 1 fully saturated rings. The van der Waals surface area contributed by atoms with Gasteiger partial charge in [0.25, 0.3) is 5.91 Å². The van der Waals surface area contributed by atoms with Gasteiger partial charge >= 0.3 is 6.18 Å². The van der Waals surface area contributed by atoms with Gasteiger partial charge in [-0.2, -0.15) is 13.2 Å². The minimum absolute atomic E-state index is 0.0746. The highest BCUT2D eigenvalue weighted by atomic mass is 19.4. The van der Waals surface area contributed by atoms with E-state index in [1.165, 1.54) is 0 Å². The monoisotopic (exact) mass is 442 g/mol. The minimum Gasteiger partial charge on any atom is -0.369 e. The van der Waals surface area contributed by atoms with Crippen LogP contribution in [0, 0.1) is 11.7 Å². The largest absolute Gasteiger partial charge is 0.435 e. The smallest absolute Gasteiger partial charge is 0.369 e. The molecule has 1 atom stereocenters. The Morgan fingerprint density at radius 2 is 1.94 bits per heavy atom. The summed E-state index contributed by atoms with van der Waals surface area (Å²) in [6.45, 7) is 2.02. The van der Waals surface area contributed by atoms with E-state index in [1.807, 2.05) is 4.90 Å². The first-order chi connectivity index (χ1) is 14.7. The normalized spacial score (nSPS) is 17.5. The number of alkyl halides is 3. The van der Waals surface area contributed by atoms with Crippen molar-refractivity contribution in [3.05, 3.63) is 41.5 Å². The average Bonchev–Trinajstić information content (AvgIpc) is 3.18. The number of nitrogens with zero attached hydrogens (tertiary/aromatic N) is 4. The molecule has 3 rings (SSSR count). The van der Waals surface area contributed by atoms with Crippen molar-refractivity contribution in [2.45, 2.75) is 25.4 Å². The predicted octanol–water partition coefficient (Wildman–Crippen LogP) is 1.74. The van der Waals surface area contributed by atoms with Crippen molar-refractivity contribution in [3.63, 3.8) is 0 Å². The van der Waals surface area contributed by atoms with Crippen LogP contribution >= 0.6 is 0 Å². The lowest BCUT2D eigenvalue weighted by molar-refractivity contribution is -0.143. The van der Waals surface area contributed by atoms with E-state index in [0.717, 1.165) is 43.7 Å². The van der Waals surface area contributed by atoms with Crippen LogP contribution in [0.2, 0.25) is 0 Å². The number of primary amides is 1. The molecule has 12 heteroatoms. The van der Waals surface area contributed by atoms with Crippen molar-refractivity contribution < 1.29 is 27.2 Å². The highest BCUT2D eigenvalue weighted by Gasteiger charge is 2.42. The van der Waals surface area contributed by atoms with Crippen molar-refractivity contribution in [2.75, 3.05) is 26.2 Å². The van der Waals surface area contributed by atoms with Crippen LogP contribution in [0.5, 0.6) is 0 Å². The Morgan fingerprint density at radius 1 is 1.23 bits per heavy atom. The fourth-order valence-corrected chi connectivity index (χ4v) is 3.53. The maximum Gasteiger partial charge on any atom is 0.435 e. The lowest BCUT2D eigenvalue weighted by Gasteiger charge is -2.31. The third-order valence-corrected chi connectivity index (χ3v) is 5.07. The number of nitrogens with two attached hydrogens (primary N) is 1. The Morgan fingerprint density at radius 3 is 2.58 bits per heavy atom. The molecule has 2 heterocycles. The van der Waals surface area contributed by atoms with Gasteiger partial charge in [0.2, 0.25) is 5.91 Å². The molecular formula is C19H22F4N6O2. The Labute approximate surface area is 175 Å². The van der Waals surface area contributed by atoms with E-state index in [0.29, 0.717) is 24.2 Å². The van der Waals surface area contributed by atoms with E-state index in [1.54, 1.807) is 0 Å². The second-order valence-corrected chi connectivity index (χ2v) is 7.32. The summed E-state index contributed by atoms with van der Waals surface area (Å²) in [4.78, 5) is 25.7. The van der Waals surface area contributed by atoms with Crippen LogP contribution < -0.4 is 11.1 Å². The summed E-state index contributed by atoms with van der Waals surface area (Å²) in [6.07, 6.45) is -2.85. The SMILES string of the molecule is NC(=O)C1CCCN(CCCNC(=O)c2nnn(-c3ccc(F)cc3)c2C(F)(F)F)C1. The van der Waals surface area contributed by atoms with Crippen LogP contribution in [0.25, 0.3) is 5.69 Å². The summed E-state index contributed by atoms with van der Waals surface area (Å²) in [6, 6.07) is 4.19. The number of carbonyl (C=O) groups is 2. The molecule has 1 aliphatic heterocycles. The zero-order chi connectivity index (χ0) is 22.6. The van der Waals surface area contributed by atoms with Crippen LogP contribution in [0.15, 0.2) is 24.3 Å². The number of hydrogen-bond donors (Lipinski definition) is 2. The molecule has 0 saturated carbocycles. The molecule has 31 heavy (non-hydrogen) atoms. The molecule has 0 spiro atoms. The lowest BCUT2D eigenvalue weighted by atomic mass is 9.97. The van der Waals surface area contributed by atoms with Crippen LogP contribution in [-0.2, 0) is 11.0 Å². The van der Waals surface area contributed by atoms with E-state index in [2.05, 4.69) is 15.6 Å². The van der Waals surface area contributed by atoms with E-state index in [-0.39, 0.29) is 24.1 Å². The molecule has 1 aromatic carbocycles. The maximum absolute atomic E-state index is 13.6. The van der Waals surface area contributed by atoms with Crippen LogP contribution in [0.3, 0.4) is 0 Å². The highest BCUT2D eigenvalue weighted by molar-refractivity contribution is 5.93. The molecule has 0 bridgehead atoms. The first kappa shape index (κ1) is 22.7. The second-order valence-electron chi connectivity index (χ2n) is 7.32. The molecule has 8 nitrogen and oxygen atoms in total. The van der Waals surface area contributed by atoms with E-state index >= 15 is 0 Å². The van der Waals surface area contributed by atoms with Gasteiger partial charge in [0.15, 0.2) is 11.4 Å². The van der Waals surface area contributed by atoms with Crippen molar-refractivity contribution in [1.29, 1.82) is 0 Å². The summed E-state index contributed by atoms with van der Waals surface area (Å²) in [5.41, 5.74) is 3.07. The zero-order valence-corrected chi connectivity index (χ0v) is 16.5. The number of rotatable bonds is 7. The summed E-state index contributed by atoms with van der Waals surface area (Å²) in [7, 11) is 0. The average molecular weight is 442 g/mol. The van der Waals surface area contributed by atoms with Gasteiger partial charge in [-0.1, -0.05) is 5.21 Å². The first-order valence-corrected chi connectivity index (χ1v) is 9.75. The number of hydrogen-bond acceptors (Lipinski definition) is 5. The molecule has 0 radical (unpaired) electrons. The fraction of sp³-hybridized carbons (Fsp3) is 0.474. The molecule has 3 N–H and O–H groups in total. The summed E-state index contributed by atoms with van der Waals surface area (Å²) >= 11 is 0. The molecule has 2 amide bonds. The second kappa shape index (κ2) is 9.41. The van der Waals surface area contributed by atoms with Gasteiger partial charge in [0.1, 0.15) is 5.82 Å². The zero-order valence-electron chi connectivity index (χ0n) is 16.5. The number of amides is 2. The fourth-order valence-electron chi connectivity index (χ4n) is 3.53. The van der Waals surface area contributed by atoms with Gasteiger partial charge < -0.3 is 16.0 Å². The molecule has 168 valence electrons. The Balaban J connectivity index is 1.62. The minimum atomic E-state index is -4.90. The van der Waals surface area contributed by atoms with Gasteiger partial charge in [-0.3, -0.25) is 9.59 Å². The van der Waals surface area contributed by atoms with Gasteiger partial charge in [-0.15, -0.1) is 5.10 Å². The number of piperidine rings is 1. The third-order valence-electron chi connectivity index (χ3n) is 5.07. The van der Waals surface area contributed by atoms with Crippen LogP contribution in [-0.4, -0.2) is 57.9 Å². The Bertz CT molecular complexity index is 928.